The lowest BCUT2D eigenvalue weighted by atomic mass is 10.2. The molecule has 0 saturated carbocycles. The van der Waals surface area contributed by atoms with E-state index in [-0.39, 0.29) is 13.0 Å². The molecule has 0 aromatic rings. The lowest BCUT2D eigenvalue weighted by molar-refractivity contribution is 0.0154. The third kappa shape index (κ3) is 2.82. The van der Waals surface area contributed by atoms with E-state index in [2.05, 4.69) is 4.52 Å². The van der Waals surface area contributed by atoms with Crippen LogP contribution in [-0.4, -0.2) is 33.7 Å². The van der Waals surface area contributed by atoms with Crippen LogP contribution in [0.1, 0.15) is 6.42 Å². The van der Waals surface area contributed by atoms with Gasteiger partial charge in [0.05, 0.1) is 13.2 Å². The monoisotopic (exact) mass is 197 g/mol. The van der Waals surface area contributed by atoms with Crippen LogP contribution >= 0.6 is 7.82 Å². The van der Waals surface area contributed by atoms with Crippen LogP contribution in [0, 0.1) is 6.61 Å². The minimum Gasteiger partial charge on any atom is -0.394 e. The zero-order valence-corrected chi connectivity index (χ0v) is 7.05. The highest BCUT2D eigenvalue weighted by Crippen LogP contribution is 2.41. The van der Waals surface area contributed by atoms with Gasteiger partial charge >= 0.3 is 7.82 Å². The number of hydrogen-bond acceptors (Lipinski definition) is 4. The molecule has 1 heterocycles. The van der Waals surface area contributed by atoms with Crippen molar-refractivity contribution in [2.45, 2.75) is 18.6 Å². The van der Waals surface area contributed by atoms with Gasteiger partial charge in [0.15, 0.2) is 0 Å². The summed E-state index contributed by atoms with van der Waals surface area (Å²) >= 11 is 0. The second-order valence-electron chi connectivity index (χ2n) is 2.39. The number of phosphoric acid groups is 1. The fraction of sp³-hybridized carbons (Fsp3) is 0.800. The van der Waals surface area contributed by atoms with Crippen LogP contribution in [0.4, 0.5) is 0 Å². The summed E-state index contributed by atoms with van der Waals surface area (Å²) in [6.07, 6.45) is -1.15. The maximum Gasteiger partial charge on any atom is 0.469 e. The molecule has 0 aromatic carbocycles. The molecule has 1 aliphatic rings. The maximum absolute atomic E-state index is 10.4. The highest BCUT2D eigenvalue weighted by atomic mass is 31.2. The Morgan fingerprint density at radius 2 is 2.33 bits per heavy atom. The van der Waals surface area contributed by atoms with Gasteiger partial charge < -0.3 is 19.6 Å². The predicted molar refractivity (Wildman–Crippen MR) is 37.8 cm³/mol. The van der Waals surface area contributed by atoms with Gasteiger partial charge in [-0.25, -0.2) is 4.57 Å². The Labute approximate surface area is 69.4 Å². The summed E-state index contributed by atoms with van der Waals surface area (Å²) in [7, 11) is -4.48. The Bertz CT molecular complexity index is 188. The molecular weight excluding hydrogens is 187 g/mol. The standard InChI is InChI=1S/C5H10O6P/c6-3-5-4(1-2-10-5)11-12(7,8)9/h2,4-6H,1,3H2,(H2,7,8,9)/t4-,5+/m0/s1. The fourth-order valence-corrected chi connectivity index (χ4v) is 1.54. The highest BCUT2D eigenvalue weighted by Gasteiger charge is 2.34. The molecule has 0 bridgehead atoms. The van der Waals surface area contributed by atoms with Crippen molar-refractivity contribution in [1.29, 1.82) is 0 Å². The molecule has 3 N–H and O–H groups in total. The first kappa shape index (κ1) is 10.1. The third-order valence-electron chi connectivity index (χ3n) is 1.47. The van der Waals surface area contributed by atoms with Gasteiger partial charge in [-0.2, -0.15) is 0 Å². The number of aliphatic hydroxyl groups is 1. The summed E-state index contributed by atoms with van der Waals surface area (Å²) < 4.78 is 19.5. The van der Waals surface area contributed by atoms with Crippen molar-refractivity contribution in [3.63, 3.8) is 0 Å². The van der Waals surface area contributed by atoms with E-state index in [9.17, 15) is 4.57 Å². The zero-order valence-electron chi connectivity index (χ0n) is 6.16. The topological polar surface area (TPSA) is 96.2 Å². The molecule has 1 radical (unpaired) electrons. The average Bonchev–Trinajstić information content (AvgIpc) is 2.31. The molecule has 7 heteroatoms. The minimum absolute atomic E-state index is 0.274. The largest absolute Gasteiger partial charge is 0.469 e. The Balaban J connectivity index is 2.46. The molecule has 0 spiro atoms. The molecule has 2 atom stereocenters. The summed E-state index contributed by atoms with van der Waals surface area (Å²) in [5.74, 6) is 0. The second-order valence-corrected chi connectivity index (χ2v) is 3.59. The molecular formula is C5H10O6P. The Morgan fingerprint density at radius 1 is 1.67 bits per heavy atom. The molecule has 1 rings (SSSR count). The van der Waals surface area contributed by atoms with Gasteiger partial charge in [0, 0.05) is 6.42 Å². The molecule has 0 aliphatic carbocycles. The van der Waals surface area contributed by atoms with Crippen molar-refractivity contribution >= 4 is 7.82 Å². The molecule has 6 nitrogen and oxygen atoms in total. The Morgan fingerprint density at radius 3 is 2.83 bits per heavy atom. The van der Waals surface area contributed by atoms with Crippen LogP contribution in [0.25, 0.3) is 0 Å². The molecule has 12 heavy (non-hydrogen) atoms. The average molecular weight is 197 g/mol. The van der Waals surface area contributed by atoms with E-state index >= 15 is 0 Å². The van der Waals surface area contributed by atoms with E-state index in [1.807, 2.05) is 0 Å². The summed E-state index contributed by atoms with van der Waals surface area (Å²) in [5, 5.41) is 8.66. The molecule has 1 fully saturated rings. The van der Waals surface area contributed by atoms with E-state index < -0.39 is 20.0 Å². The predicted octanol–water partition coefficient (Wildman–Crippen LogP) is -0.593. The Kier molecular flexibility index (Phi) is 3.22. The van der Waals surface area contributed by atoms with Crippen molar-refractivity contribution in [2.24, 2.45) is 0 Å². The first-order valence-electron chi connectivity index (χ1n) is 3.35. The summed E-state index contributed by atoms with van der Waals surface area (Å²) in [6, 6.07) is 0. The first-order chi connectivity index (χ1) is 5.53. The van der Waals surface area contributed by atoms with Crippen LogP contribution in [0.2, 0.25) is 0 Å². The molecule has 1 saturated heterocycles. The molecule has 71 valence electrons. The quantitative estimate of drug-likeness (QED) is 0.523. The normalized spacial score (nSPS) is 30.9. The van der Waals surface area contributed by atoms with E-state index in [0.717, 1.165) is 0 Å². The van der Waals surface area contributed by atoms with E-state index in [1.54, 1.807) is 0 Å². The van der Waals surface area contributed by atoms with Crippen molar-refractivity contribution in [3.8, 4) is 0 Å². The van der Waals surface area contributed by atoms with Gasteiger partial charge in [-0.3, -0.25) is 4.52 Å². The second kappa shape index (κ2) is 3.83. The van der Waals surface area contributed by atoms with E-state index in [4.69, 9.17) is 19.6 Å². The lowest BCUT2D eigenvalue weighted by Gasteiger charge is -2.16. The SMILES string of the molecule is O=P(O)(O)O[C@H]1C[CH]O[C@@H]1CO. The van der Waals surface area contributed by atoms with Gasteiger partial charge in [-0.15, -0.1) is 0 Å². The van der Waals surface area contributed by atoms with Gasteiger partial charge in [-0.1, -0.05) is 0 Å². The van der Waals surface area contributed by atoms with Crippen LogP contribution in [0.5, 0.6) is 0 Å². The smallest absolute Gasteiger partial charge is 0.394 e. The Hall–Kier alpha value is 0.0300. The van der Waals surface area contributed by atoms with Gasteiger partial charge in [0.2, 0.25) is 0 Å². The van der Waals surface area contributed by atoms with Gasteiger partial charge in [0.1, 0.15) is 12.2 Å². The number of ether oxygens (including phenoxy) is 1. The van der Waals surface area contributed by atoms with Crippen LogP contribution in [0.15, 0.2) is 0 Å². The van der Waals surface area contributed by atoms with Crippen LogP contribution < -0.4 is 0 Å². The third-order valence-corrected chi connectivity index (χ3v) is 2.01. The first-order valence-corrected chi connectivity index (χ1v) is 4.88. The van der Waals surface area contributed by atoms with Crippen molar-refractivity contribution < 1.29 is 28.7 Å². The van der Waals surface area contributed by atoms with Gasteiger partial charge in [-0.05, 0) is 0 Å². The molecule has 0 aromatic heterocycles. The summed E-state index contributed by atoms with van der Waals surface area (Å²) in [4.78, 5) is 16.9. The van der Waals surface area contributed by atoms with E-state index in [1.165, 1.54) is 6.61 Å². The van der Waals surface area contributed by atoms with Crippen molar-refractivity contribution in [2.75, 3.05) is 6.61 Å². The van der Waals surface area contributed by atoms with E-state index in [0.29, 0.717) is 0 Å². The highest BCUT2D eigenvalue weighted by molar-refractivity contribution is 7.46. The van der Waals surface area contributed by atoms with Crippen molar-refractivity contribution in [1.82, 2.24) is 0 Å². The van der Waals surface area contributed by atoms with Crippen LogP contribution in [-0.2, 0) is 13.8 Å². The number of hydrogen-bond donors (Lipinski definition) is 3. The van der Waals surface area contributed by atoms with Gasteiger partial charge in [0.25, 0.3) is 0 Å². The minimum atomic E-state index is -4.48. The number of aliphatic hydroxyl groups excluding tert-OH is 1. The number of phosphoric ester groups is 1. The molecule has 0 amide bonds. The number of rotatable bonds is 3. The summed E-state index contributed by atoms with van der Waals surface area (Å²) in [6.45, 7) is 1.04. The molecule has 1 aliphatic heterocycles. The summed E-state index contributed by atoms with van der Waals surface area (Å²) in [5.41, 5.74) is 0. The lowest BCUT2D eigenvalue weighted by Crippen LogP contribution is -2.26. The van der Waals surface area contributed by atoms with Crippen molar-refractivity contribution in [3.05, 3.63) is 6.61 Å². The fourth-order valence-electron chi connectivity index (χ4n) is 0.961. The van der Waals surface area contributed by atoms with Crippen LogP contribution in [0.3, 0.4) is 0 Å². The maximum atomic E-state index is 10.4. The molecule has 0 unspecified atom stereocenters. The zero-order chi connectivity index (χ0) is 9.19.